The summed E-state index contributed by atoms with van der Waals surface area (Å²) in [6.45, 7) is 19.9. The molecule has 11 heteroatoms. The third-order valence-corrected chi connectivity index (χ3v) is 19.0. The van der Waals surface area contributed by atoms with Crippen molar-refractivity contribution in [2.45, 2.75) is 272 Å². The summed E-state index contributed by atoms with van der Waals surface area (Å²) in [5, 5.41) is 0. The SMILES string of the molecule is CCCCCCCCCOC(CCC(=O)OCC12C3C4C1C1C4(COC(=O)CCCN(CC)CC)C3C12COC(=O)CCC(OCCCCCCCCC)OCCCCCCCCC)OCCCCCCCCC. The summed E-state index contributed by atoms with van der Waals surface area (Å²) < 4.78 is 43.8. The lowest BCUT2D eigenvalue weighted by atomic mass is 8.88. The van der Waals surface area contributed by atoms with E-state index in [9.17, 15) is 14.4 Å². The Bertz CT molecular complexity index is 1480. The molecule has 0 aromatic rings. The molecule has 6 saturated carbocycles. The van der Waals surface area contributed by atoms with Crippen molar-refractivity contribution in [3.8, 4) is 0 Å². The Morgan fingerprint density at radius 1 is 0.378 bits per heavy atom. The average molecular weight is 1040 g/mol. The highest BCUT2D eigenvalue weighted by Crippen LogP contribution is 3.14. The van der Waals surface area contributed by atoms with Crippen molar-refractivity contribution < 1.29 is 47.5 Å². The lowest BCUT2D eigenvalue weighted by Crippen LogP contribution is -3.15. The highest BCUT2D eigenvalue weighted by atomic mass is 16.7. The molecule has 6 aliphatic rings. The number of hydrogen-bond donors (Lipinski definition) is 0. The van der Waals surface area contributed by atoms with E-state index in [2.05, 4.69) is 46.4 Å². The van der Waals surface area contributed by atoms with Gasteiger partial charge in [-0.2, -0.15) is 0 Å². The molecule has 0 amide bonds. The van der Waals surface area contributed by atoms with Crippen molar-refractivity contribution in [1.29, 1.82) is 0 Å². The minimum Gasteiger partial charge on any atom is -0.465 e. The first kappa shape index (κ1) is 63.0. The topological polar surface area (TPSA) is 119 Å². The number of nitrogens with zero attached hydrogens (tertiary/aromatic N) is 1. The molecule has 0 spiro atoms. The maximum Gasteiger partial charge on any atom is 0.305 e. The van der Waals surface area contributed by atoms with Crippen LogP contribution in [0.2, 0.25) is 0 Å². The summed E-state index contributed by atoms with van der Waals surface area (Å²) in [5.74, 6) is 1.49. The maximum absolute atomic E-state index is 13.7. The summed E-state index contributed by atoms with van der Waals surface area (Å²) in [6, 6.07) is 0. The third-order valence-electron chi connectivity index (χ3n) is 19.0. The number of carbonyl (C=O) groups excluding carboxylic acids is 3. The van der Waals surface area contributed by atoms with Gasteiger partial charge < -0.3 is 38.1 Å². The number of hydrogen-bond acceptors (Lipinski definition) is 11. The van der Waals surface area contributed by atoms with Crippen LogP contribution in [0.25, 0.3) is 0 Å². The second-order valence-corrected chi connectivity index (χ2v) is 23.7. The van der Waals surface area contributed by atoms with Gasteiger partial charge in [-0.15, -0.1) is 0 Å². The molecule has 0 aliphatic heterocycles. The van der Waals surface area contributed by atoms with Gasteiger partial charge in [0.25, 0.3) is 0 Å². The molecule has 6 rings (SSSR count). The van der Waals surface area contributed by atoms with Crippen molar-refractivity contribution in [2.24, 2.45) is 45.8 Å². The van der Waals surface area contributed by atoms with Gasteiger partial charge in [0.2, 0.25) is 0 Å². The highest BCUT2D eigenvalue weighted by Gasteiger charge is 3.15. The Balaban J connectivity index is 1.13. The molecule has 6 fully saturated rings. The molecule has 4 atom stereocenters. The Morgan fingerprint density at radius 3 is 1.07 bits per heavy atom. The number of esters is 3. The zero-order chi connectivity index (χ0) is 52.9. The first-order chi connectivity index (χ1) is 36.3. The fraction of sp³-hybridized carbons (Fsp3) is 0.952. The van der Waals surface area contributed by atoms with E-state index < -0.39 is 12.6 Å². The first-order valence-corrected chi connectivity index (χ1v) is 31.9. The molecular weight excluding hydrogens is 931 g/mol. The van der Waals surface area contributed by atoms with Crippen molar-refractivity contribution in [3.63, 3.8) is 0 Å². The van der Waals surface area contributed by atoms with Crippen LogP contribution in [0.3, 0.4) is 0 Å². The van der Waals surface area contributed by atoms with Crippen LogP contribution in [-0.2, 0) is 47.5 Å². The van der Waals surface area contributed by atoms with Crippen molar-refractivity contribution in [2.75, 3.05) is 65.9 Å². The molecule has 0 radical (unpaired) electrons. The Morgan fingerprint density at radius 2 is 0.703 bits per heavy atom. The van der Waals surface area contributed by atoms with E-state index in [1.807, 2.05) is 0 Å². The minimum absolute atomic E-state index is 0.00623. The van der Waals surface area contributed by atoms with Crippen LogP contribution in [0.4, 0.5) is 0 Å². The summed E-state index contributed by atoms with van der Waals surface area (Å²) >= 11 is 0. The van der Waals surface area contributed by atoms with E-state index in [-0.39, 0.29) is 47.0 Å². The molecular formula is C63H113NO10. The van der Waals surface area contributed by atoms with Crippen LogP contribution in [-0.4, -0.2) is 101 Å². The van der Waals surface area contributed by atoms with Crippen molar-refractivity contribution in [3.05, 3.63) is 0 Å². The maximum atomic E-state index is 13.7. The molecule has 0 aromatic heterocycles. The molecule has 4 unspecified atom stereocenters. The number of carbonyl (C=O) groups is 3. The smallest absolute Gasteiger partial charge is 0.305 e. The fourth-order valence-electron chi connectivity index (χ4n) is 15.1. The average Bonchev–Trinajstić information content (AvgIpc) is 3.41. The highest BCUT2D eigenvalue weighted by molar-refractivity contribution is 5.72. The summed E-state index contributed by atoms with van der Waals surface area (Å²) in [6.07, 6.45) is 36.0. The van der Waals surface area contributed by atoms with Gasteiger partial charge in [-0.05, 0) is 81.3 Å². The van der Waals surface area contributed by atoms with E-state index in [4.69, 9.17) is 33.2 Å². The lowest BCUT2D eigenvalue weighted by molar-refractivity contribution is -0.706. The minimum atomic E-state index is -0.419. The van der Waals surface area contributed by atoms with E-state index in [1.165, 1.54) is 128 Å². The van der Waals surface area contributed by atoms with Gasteiger partial charge in [0.05, 0.1) is 32.7 Å². The van der Waals surface area contributed by atoms with Crippen molar-refractivity contribution >= 4 is 17.9 Å². The predicted molar refractivity (Wildman–Crippen MR) is 296 cm³/mol. The van der Waals surface area contributed by atoms with E-state index in [0.29, 0.717) is 95.1 Å². The summed E-state index contributed by atoms with van der Waals surface area (Å²) in [7, 11) is 0. The Kier molecular flexibility index (Phi) is 29.8. The zero-order valence-corrected chi connectivity index (χ0v) is 48.7. The molecule has 430 valence electrons. The molecule has 0 aromatic carbocycles. The first-order valence-electron chi connectivity index (χ1n) is 31.9. The second kappa shape index (κ2) is 35.0. The molecule has 74 heavy (non-hydrogen) atoms. The van der Waals surface area contributed by atoms with E-state index >= 15 is 0 Å². The molecule has 0 bridgehead atoms. The quantitative estimate of drug-likeness (QED) is 0.0251. The van der Waals surface area contributed by atoms with Gasteiger partial charge in [-0.3, -0.25) is 14.4 Å². The second-order valence-electron chi connectivity index (χ2n) is 23.7. The fourth-order valence-corrected chi connectivity index (χ4v) is 15.1. The van der Waals surface area contributed by atoms with Gasteiger partial charge in [0, 0.05) is 61.9 Å². The third kappa shape index (κ3) is 16.4. The lowest BCUT2D eigenvalue weighted by Gasteiger charge is -3.14. The van der Waals surface area contributed by atoms with Crippen LogP contribution < -0.4 is 0 Å². The molecule has 0 heterocycles. The van der Waals surface area contributed by atoms with Crippen LogP contribution >= 0.6 is 0 Å². The normalized spacial score (nSPS) is 25.3. The molecule has 11 nitrogen and oxygen atoms in total. The zero-order valence-electron chi connectivity index (χ0n) is 48.7. The summed E-state index contributed by atoms with van der Waals surface area (Å²) in [4.78, 5) is 42.8. The van der Waals surface area contributed by atoms with Gasteiger partial charge in [0.1, 0.15) is 0 Å². The Hall–Kier alpha value is -1.79. The van der Waals surface area contributed by atoms with Crippen molar-refractivity contribution in [1.82, 2.24) is 4.90 Å². The van der Waals surface area contributed by atoms with Crippen LogP contribution in [0, 0.1) is 45.8 Å². The standard InChI is InChI=1S/C63H113NO10/c1-7-13-17-21-25-29-33-44-68-54(69-45-34-30-26-22-18-14-8-2)41-39-52(66)73-49-62-57-56-58(62)60-61(56,48-72-51(65)38-37-43-64(11-5)12-6)59(57)63(60,62)50-74-53(67)40-42-55(70-46-35-31-27-23-19-15-9-3)71-47-36-32-28-24-20-16-10-4/h54-60H,7-50H2,1-6H3. The van der Waals surface area contributed by atoms with Crippen LogP contribution in [0.15, 0.2) is 0 Å². The number of unbranched alkanes of at least 4 members (excludes halogenated alkanes) is 24. The van der Waals surface area contributed by atoms with Gasteiger partial charge >= 0.3 is 17.9 Å². The van der Waals surface area contributed by atoms with Crippen LogP contribution in [0.1, 0.15) is 260 Å². The molecule has 0 N–H and O–H groups in total. The largest absolute Gasteiger partial charge is 0.465 e. The number of ether oxygens (including phenoxy) is 7. The van der Waals surface area contributed by atoms with Gasteiger partial charge in [0.15, 0.2) is 12.6 Å². The van der Waals surface area contributed by atoms with Crippen LogP contribution in [0.5, 0.6) is 0 Å². The summed E-state index contributed by atoms with van der Waals surface area (Å²) in [5.41, 5.74) is -0.376. The van der Waals surface area contributed by atoms with Gasteiger partial charge in [-0.25, -0.2) is 0 Å². The van der Waals surface area contributed by atoms with Gasteiger partial charge in [-0.1, -0.05) is 196 Å². The molecule has 6 aliphatic carbocycles. The monoisotopic (exact) mass is 1040 g/mol. The van der Waals surface area contributed by atoms with E-state index in [0.717, 1.165) is 77.4 Å². The number of rotatable bonds is 54. The predicted octanol–water partition coefficient (Wildman–Crippen LogP) is 15.1. The Labute approximate surface area is 452 Å². The molecule has 0 saturated heterocycles. The van der Waals surface area contributed by atoms with E-state index in [1.54, 1.807) is 0 Å².